The number of alkyl halides is 1. The van der Waals surface area contributed by atoms with E-state index in [2.05, 4.69) is 15.9 Å². The van der Waals surface area contributed by atoms with Gasteiger partial charge in [-0.2, -0.15) is 5.26 Å². The van der Waals surface area contributed by atoms with Gasteiger partial charge in [0.05, 0.1) is 15.8 Å². The predicted molar refractivity (Wildman–Crippen MR) is 57.6 cm³/mol. The third-order valence-electron chi connectivity index (χ3n) is 1.85. The molecule has 0 saturated heterocycles. The summed E-state index contributed by atoms with van der Waals surface area (Å²) in [6.07, 6.45) is 0. The number of nitriles is 1. The van der Waals surface area contributed by atoms with E-state index >= 15 is 0 Å². The molecule has 0 aromatic heterocycles. The first-order valence-electron chi connectivity index (χ1n) is 4.02. The highest BCUT2D eigenvalue weighted by Crippen LogP contribution is 2.28. The van der Waals surface area contributed by atoms with Crippen LogP contribution in [0.2, 0.25) is 0 Å². The van der Waals surface area contributed by atoms with Gasteiger partial charge in [0.2, 0.25) is 0 Å². The maximum absolute atomic E-state index is 11.3. The fourth-order valence-electron chi connectivity index (χ4n) is 1.11. The number of phenols is 1. The van der Waals surface area contributed by atoms with Gasteiger partial charge in [-0.25, -0.2) is 0 Å². The summed E-state index contributed by atoms with van der Waals surface area (Å²) < 4.78 is 0. The van der Waals surface area contributed by atoms with E-state index in [0.29, 0.717) is 0 Å². The third kappa shape index (κ3) is 2.17. The van der Waals surface area contributed by atoms with Crippen LogP contribution >= 0.6 is 15.9 Å². The number of carbonyl (C=O) groups is 1. The fourth-order valence-corrected chi connectivity index (χ4v) is 1.41. The number of phenolic OH excluding ortho intramolecular Hbond substituents is 1. The minimum atomic E-state index is -0.768. The molecule has 0 aliphatic rings. The minimum Gasteiger partial charge on any atom is -0.507 e. The Bertz CT molecular complexity index is 507. The number of Topliss-reactive ketones (excluding diaryl/α,β-unsaturated/α-hetero) is 1. The summed E-state index contributed by atoms with van der Waals surface area (Å²) in [4.78, 5) is 21.2. The van der Waals surface area contributed by atoms with Gasteiger partial charge in [-0.15, -0.1) is 0 Å². The van der Waals surface area contributed by atoms with Gasteiger partial charge < -0.3 is 5.11 Å². The summed E-state index contributed by atoms with van der Waals surface area (Å²) >= 11 is 2.88. The first kappa shape index (κ1) is 12.1. The Kier molecular flexibility index (Phi) is 3.58. The highest BCUT2D eigenvalue weighted by atomic mass is 79.9. The molecule has 0 unspecified atom stereocenters. The number of hydrogen-bond acceptors (Lipinski definition) is 5. The van der Waals surface area contributed by atoms with E-state index in [1.54, 1.807) is 6.07 Å². The highest BCUT2D eigenvalue weighted by Gasteiger charge is 2.22. The molecule has 0 fully saturated rings. The van der Waals surface area contributed by atoms with Crippen LogP contribution in [0, 0.1) is 21.4 Å². The number of ketones is 1. The first-order chi connectivity index (χ1) is 7.51. The molecule has 0 amide bonds. The number of nitro benzene ring substituents is 1. The molecule has 0 saturated carbocycles. The van der Waals surface area contributed by atoms with Crippen LogP contribution in [0.25, 0.3) is 0 Å². The number of rotatable bonds is 3. The molecule has 0 aliphatic carbocycles. The van der Waals surface area contributed by atoms with Crippen molar-refractivity contribution in [3.8, 4) is 11.8 Å². The fraction of sp³-hybridized carbons (Fsp3) is 0.111. The Morgan fingerprint density at radius 3 is 2.69 bits per heavy atom. The molecule has 1 rings (SSSR count). The summed E-state index contributed by atoms with van der Waals surface area (Å²) in [6.45, 7) is 0. The smallest absolute Gasteiger partial charge is 0.281 e. The summed E-state index contributed by atoms with van der Waals surface area (Å²) in [5.41, 5.74) is -0.949. The molecule has 1 aromatic rings. The van der Waals surface area contributed by atoms with Crippen molar-refractivity contribution < 1.29 is 14.8 Å². The van der Waals surface area contributed by atoms with E-state index in [1.165, 1.54) is 0 Å². The van der Waals surface area contributed by atoms with E-state index in [0.717, 1.165) is 12.1 Å². The van der Waals surface area contributed by atoms with Crippen molar-refractivity contribution in [1.29, 1.82) is 5.26 Å². The Morgan fingerprint density at radius 2 is 2.25 bits per heavy atom. The van der Waals surface area contributed by atoms with E-state index < -0.39 is 22.1 Å². The van der Waals surface area contributed by atoms with Gasteiger partial charge in [-0.3, -0.25) is 14.9 Å². The standard InChI is InChI=1S/C9H5BrN2O4/c10-3-9(14)6-2-8(13)5(4-11)1-7(6)12(15)16/h1-2,13H,3H2. The van der Waals surface area contributed by atoms with E-state index in [4.69, 9.17) is 5.26 Å². The predicted octanol–water partition coefficient (Wildman–Crippen LogP) is 1.75. The van der Waals surface area contributed by atoms with Crippen molar-refractivity contribution in [2.75, 3.05) is 5.33 Å². The average Bonchev–Trinajstić information content (AvgIpc) is 2.27. The number of halogens is 1. The topological polar surface area (TPSA) is 104 Å². The maximum Gasteiger partial charge on any atom is 0.281 e. The second-order valence-electron chi connectivity index (χ2n) is 2.81. The third-order valence-corrected chi connectivity index (χ3v) is 2.36. The van der Waals surface area contributed by atoms with Gasteiger partial charge in [0.15, 0.2) is 5.78 Å². The Labute approximate surface area is 98.4 Å². The molecule has 1 aromatic carbocycles. The summed E-state index contributed by atoms with van der Waals surface area (Å²) in [6, 6.07) is 3.41. The molecular formula is C9H5BrN2O4. The Balaban J connectivity index is 3.49. The zero-order valence-electron chi connectivity index (χ0n) is 7.81. The van der Waals surface area contributed by atoms with Gasteiger partial charge in [0.1, 0.15) is 17.4 Å². The lowest BCUT2D eigenvalue weighted by Crippen LogP contribution is -2.05. The minimum absolute atomic E-state index is 0.0980. The lowest BCUT2D eigenvalue weighted by atomic mass is 10.1. The zero-order valence-corrected chi connectivity index (χ0v) is 9.39. The monoisotopic (exact) mass is 284 g/mol. The van der Waals surface area contributed by atoms with Crippen molar-refractivity contribution in [3.05, 3.63) is 33.4 Å². The van der Waals surface area contributed by atoms with Gasteiger partial charge in [0, 0.05) is 6.07 Å². The number of aromatic hydroxyl groups is 1. The van der Waals surface area contributed by atoms with Crippen LogP contribution in [0.5, 0.6) is 5.75 Å². The van der Waals surface area contributed by atoms with Crippen LogP contribution in [0.1, 0.15) is 15.9 Å². The van der Waals surface area contributed by atoms with Crippen LogP contribution in [0.4, 0.5) is 5.69 Å². The first-order valence-corrected chi connectivity index (χ1v) is 5.14. The molecule has 0 heterocycles. The van der Waals surface area contributed by atoms with Gasteiger partial charge >= 0.3 is 0 Å². The maximum atomic E-state index is 11.3. The second-order valence-corrected chi connectivity index (χ2v) is 3.37. The quantitative estimate of drug-likeness (QED) is 0.394. The van der Waals surface area contributed by atoms with Crippen molar-refractivity contribution in [2.24, 2.45) is 0 Å². The number of nitrogens with zero attached hydrogens (tertiary/aromatic N) is 2. The van der Waals surface area contributed by atoms with E-state index in [-0.39, 0.29) is 16.5 Å². The molecule has 16 heavy (non-hydrogen) atoms. The molecule has 0 radical (unpaired) electrons. The van der Waals surface area contributed by atoms with Gasteiger partial charge in [-0.05, 0) is 6.07 Å². The van der Waals surface area contributed by atoms with Crippen molar-refractivity contribution in [2.45, 2.75) is 0 Å². The molecule has 6 nitrogen and oxygen atoms in total. The number of hydrogen-bond donors (Lipinski definition) is 1. The molecule has 1 N–H and O–H groups in total. The molecule has 82 valence electrons. The van der Waals surface area contributed by atoms with Crippen LogP contribution in [-0.2, 0) is 0 Å². The van der Waals surface area contributed by atoms with Crippen molar-refractivity contribution >= 4 is 27.4 Å². The number of benzene rings is 1. The van der Waals surface area contributed by atoms with E-state index in [9.17, 15) is 20.0 Å². The van der Waals surface area contributed by atoms with E-state index in [1.807, 2.05) is 0 Å². The van der Waals surface area contributed by atoms with Gasteiger partial charge in [0.25, 0.3) is 5.69 Å². The van der Waals surface area contributed by atoms with Gasteiger partial charge in [-0.1, -0.05) is 15.9 Å². The van der Waals surface area contributed by atoms with Crippen LogP contribution in [0.3, 0.4) is 0 Å². The molecule has 7 heteroatoms. The highest BCUT2D eigenvalue weighted by molar-refractivity contribution is 9.09. The second kappa shape index (κ2) is 4.72. The summed E-state index contributed by atoms with van der Waals surface area (Å²) in [5, 5.41) is 28.5. The Morgan fingerprint density at radius 1 is 1.62 bits per heavy atom. The molecule has 0 bridgehead atoms. The van der Waals surface area contributed by atoms with Crippen molar-refractivity contribution in [3.63, 3.8) is 0 Å². The van der Waals surface area contributed by atoms with Crippen LogP contribution in [0.15, 0.2) is 12.1 Å². The zero-order chi connectivity index (χ0) is 12.3. The summed E-state index contributed by atoms with van der Waals surface area (Å²) in [5.74, 6) is -0.983. The average molecular weight is 285 g/mol. The van der Waals surface area contributed by atoms with Crippen molar-refractivity contribution in [1.82, 2.24) is 0 Å². The van der Waals surface area contributed by atoms with Crippen LogP contribution < -0.4 is 0 Å². The molecule has 0 aliphatic heterocycles. The van der Waals surface area contributed by atoms with Crippen LogP contribution in [-0.4, -0.2) is 21.1 Å². The molecule has 0 spiro atoms. The lowest BCUT2D eigenvalue weighted by molar-refractivity contribution is -0.385. The molecule has 0 atom stereocenters. The molecular weight excluding hydrogens is 280 g/mol. The SMILES string of the molecule is N#Cc1cc([N+](=O)[O-])c(C(=O)CBr)cc1O. The Hall–Kier alpha value is -1.94. The number of nitro groups is 1. The number of carbonyl (C=O) groups excluding carboxylic acids is 1. The normalized spacial score (nSPS) is 9.50. The largest absolute Gasteiger partial charge is 0.507 e. The summed E-state index contributed by atoms with van der Waals surface area (Å²) in [7, 11) is 0. The lowest BCUT2D eigenvalue weighted by Gasteiger charge is -2.02.